The van der Waals surface area contributed by atoms with Gasteiger partial charge in [0.15, 0.2) is 10.7 Å². The molecule has 0 atom stereocenters. The Kier molecular flexibility index (Phi) is 7.77. The Balaban J connectivity index is 0.000000451. The van der Waals surface area contributed by atoms with E-state index in [0.29, 0.717) is 11.3 Å². The molecule has 11 nitrogen and oxygen atoms in total. The molecule has 1 fully saturated rings. The molecule has 0 unspecified atom stereocenters. The highest BCUT2D eigenvalue weighted by atomic mass is 32.1. The third-order valence-corrected chi connectivity index (χ3v) is 8.00. The minimum absolute atomic E-state index is 0.130. The van der Waals surface area contributed by atoms with Crippen LogP contribution >= 0.6 is 11.3 Å². The van der Waals surface area contributed by atoms with Crippen molar-refractivity contribution in [2.24, 2.45) is 0 Å². The number of carboxylic acids is 1. The van der Waals surface area contributed by atoms with Crippen LogP contribution in [0.2, 0.25) is 0 Å². The molecular weight excluding hydrogens is 575 g/mol. The lowest BCUT2D eigenvalue weighted by atomic mass is 10.1. The molecule has 1 aliphatic rings. The van der Waals surface area contributed by atoms with E-state index < -0.39 is 12.1 Å². The lowest BCUT2D eigenvalue weighted by Gasteiger charge is -2.31. The second-order valence-corrected chi connectivity index (χ2v) is 10.6. The minimum Gasteiger partial charge on any atom is -0.475 e. The van der Waals surface area contributed by atoms with Crippen molar-refractivity contribution in [2.75, 3.05) is 31.2 Å². The number of carbonyl (C=O) groups is 2. The number of thiazole rings is 1. The van der Waals surface area contributed by atoms with Gasteiger partial charge in [0.25, 0.3) is 0 Å². The second kappa shape index (κ2) is 11.3. The number of hydrogen-bond donors (Lipinski definition) is 3. The summed E-state index contributed by atoms with van der Waals surface area (Å²) in [7, 11) is 1.87. The van der Waals surface area contributed by atoms with Crippen molar-refractivity contribution in [1.82, 2.24) is 24.6 Å². The molecule has 4 aromatic heterocycles. The number of amides is 1. The highest BCUT2D eigenvalue weighted by Gasteiger charge is 2.38. The van der Waals surface area contributed by atoms with Crippen LogP contribution < -0.4 is 11.1 Å². The van der Waals surface area contributed by atoms with Crippen molar-refractivity contribution in [3.8, 4) is 22.6 Å². The maximum atomic E-state index is 11.6. The van der Waals surface area contributed by atoms with Crippen LogP contribution in [0.3, 0.4) is 0 Å². The highest BCUT2D eigenvalue weighted by molar-refractivity contribution is 7.22. The van der Waals surface area contributed by atoms with Gasteiger partial charge in [-0.25, -0.2) is 9.78 Å². The normalized spacial score (nSPS) is 14.2. The number of carbonyl (C=O) groups excluding carboxylic acids is 1. The van der Waals surface area contributed by atoms with Crippen LogP contribution in [0.25, 0.3) is 43.8 Å². The Morgan fingerprint density at radius 3 is 2.57 bits per heavy atom. The number of carboxylic acid groups (broad SMARTS) is 1. The molecule has 0 spiro atoms. The van der Waals surface area contributed by atoms with Crippen LogP contribution in [-0.4, -0.2) is 67.9 Å². The van der Waals surface area contributed by atoms with Gasteiger partial charge in [-0.05, 0) is 31.0 Å². The molecule has 220 valence electrons. The van der Waals surface area contributed by atoms with E-state index in [1.807, 2.05) is 53.3 Å². The molecule has 1 amide bonds. The summed E-state index contributed by atoms with van der Waals surface area (Å²) in [5.74, 6) is -1.90. The standard InChI is InChI=1S/C25H25N7O2S.C2HF3O2/c1-14(33)31-8-6-16(7-9-31)32-13-15(11-29-32)22-18-10-21(34-23(18)19(26)12-28-22)17-4-3-5-20-24(17)35-25(27-2)30-20;3-2(4,5)1(6)7/h3-5,10-13,16H,6-9,26H2,1-2H3,(H,27,30);(H,6,7). The molecule has 5 aromatic rings. The lowest BCUT2D eigenvalue weighted by molar-refractivity contribution is -0.192. The first-order valence-corrected chi connectivity index (χ1v) is 13.6. The largest absolute Gasteiger partial charge is 0.490 e. The van der Waals surface area contributed by atoms with Gasteiger partial charge in [-0.2, -0.15) is 18.3 Å². The Bertz CT molecular complexity index is 1770. The first-order chi connectivity index (χ1) is 20.0. The summed E-state index contributed by atoms with van der Waals surface area (Å²) in [6.45, 7) is 3.13. The maximum Gasteiger partial charge on any atom is 0.490 e. The molecule has 42 heavy (non-hydrogen) atoms. The average molecular weight is 602 g/mol. The number of nitrogens with one attached hydrogen (secondary N) is 1. The molecule has 0 aliphatic carbocycles. The lowest BCUT2D eigenvalue weighted by Crippen LogP contribution is -2.37. The van der Waals surface area contributed by atoms with Crippen LogP contribution in [0.5, 0.6) is 0 Å². The van der Waals surface area contributed by atoms with Gasteiger partial charge in [0, 0.05) is 49.8 Å². The van der Waals surface area contributed by atoms with Crippen LogP contribution in [0.1, 0.15) is 25.8 Å². The number of pyridine rings is 1. The summed E-state index contributed by atoms with van der Waals surface area (Å²) >= 11 is 1.59. The third kappa shape index (κ3) is 5.72. The predicted molar refractivity (Wildman–Crippen MR) is 152 cm³/mol. The molecule has 4 N–H and O–H groups in total. The number of anilines is 2. The third-order valence-electron chi connectivity index (χ3n) is 6.88. The summed E-state index contributed by atoms with van der Waals surface area (Å²) in [5, 5.41) is 16.6. The number of alkyl halides is 3. The van der Waals surface area contributed by atoms with E-state index in [1.165, 1.54) is 0 Å². The van der Waals surface area contributed by atoms with Crippen molar-refractivity contribution >= 4 is 55.2 Å². The number of nitrogens with zero attached hydrogens (tertiary/aromatic N) is 5. The average Bonchev–Trinajstić information content (AvgIpc) is 3.71. The quantitative estimate of drug-likeness (QED) is 0.246. The van der Waals surface area contributed by atoms with Crippen LogP contribution in [-0.2, 0) is 9.59 Å². The molecule has 0 radical (unpaired) electrons. The molecule has 1 saturated heterocycles. The Morgan fingerprint density at radius 2 is 1.93 bits per heavy atom. The fraction of sp³-hybridized carbons (Fsp3) is 0.296. The van der Waals surface area contributed by atoms with Crippen molar-refractivity contribution in [2.45, 2.75) is 32.0 Å². The number of likely N-dealkylation sites (tertiary alicyclic amines) is 1. The fourth-order valence-corrected chi connectivity index (χ4v) is 5.70. The zero-order valence-electron chi connectivity index (χ0n) is 22.5. The minimum atomic E-state index is -5.08. The van der Waals surface area contributed by atoms with Crippen molar-refractivity contribution in [3.05, 3.63) is 42.9 Å². The maximum absolute atomic E-state index is 11.6. The number of piperidine rings is 1. The van der Waals surface area contributed by atoms with Gasteiger partial charge < -0.3 is 25.5 Å². The second-order valence-electron chi connectivity index (χ2n) is 9.59. The molecule has 15 heteroatoms. The fourth-order valence-electron chi connectivity index (χ4n) is 4.76. The molecule has 0 saturated carbocycles. The van der Waals surface area contributed by atoms with Crippen LogP contribution in [0.15, 0.2) is 47.3 Å². The molecular formula is C27H26F3N7O4S. The van der Waals surface area contributed by atoms with E-state index in [4.69, 9.17) is 20.1 Å². The summed E-state index contributed by atoms with van der Waals surface area (Å²) in [5.41, 5.74) is 10.9. The number of rotatable bonds is 4. The molecule has 0 bridgehead atoms. The summed E-state index contributed by atoms with van der Waals surface area (Å²) in [6, 6.07) is 8.27. The Labute approximate surface area is 240 Å². The predicted octanol–water partition coefficient (Wildman–Crippen LogP) is 5.41. The van der Waals surface area contributed by atoms with Gasteiger partial charge in [-0.1, -0.05) is 17.4 Å². The number of aromatic nitrogens is 4. The summed E-state index contributed by atoms with van der Waals surface area (Å²) < 4.78 is 41.1. The topological polar surface area (TPSA) is 152 Å². The first kappa shape index (κ1) is 28.9. The number of furan rings is 1. The van der Waals surface area contributed by atoms with Crippen molar-refractivity contribution in [3.63, 3.8) is 0 Å². The zero-order valence-corrected chi connectivity index (χ0v) is 23.3. The van der Waals surface area contributed by atoms with E-state index >= 15 is 0 Å². The van der Waals surface area contributed by atoms with Gasteiger partial charge in [0.05, 0.1) is 40.0 Å². The summed E-state index contributed by atoms with van der Waals surface area (Å²) in [4.78, 5) is 31.7. The number of halogens is 3. The van der Waals surface area contributed by atoms with E-state index in [9.17, 15) is 18.0 Å². The number of aliphatic carboxylic acids is 1. The number of hydrogen-bond acceptors (Lipinski definition) is 9. The van der Waals surface area contributed by atoms with E-state index in [2.05, 4.69) is 20.4 Å². The SMILES string of the molecule is CNc1nc2cccc(-c3cc4c(-c5cnn(C6CCN(C(C)=O)CC6)c5)ncc(N)c4o3)c2s1.O=C(O)C(F)(F)F. The van der Waals surface area contributed by atoms with Crippen LogP contribution in [0, 0.1) is 0 Å². The number of benzene rings is 1. The molecule has 5 heterocycles. The summed E-state index contributed by atoms with van der Waals surface area (Å²) in [6.07, 6.45) is 2.19. The number of fused-ring (bicyclic) bond motifs is 2. The Morgan fingerprint density at radius 1 is 1.21 bits per heavy atom. The number of nitrogens with two attached hydrogens (primary N) is 1. The van der Waals surface area contributed by atoms with E-state index in [-0.39, 0.29) is 11.9 Å². The number of nitrogen functional groups attached to an aromatic ring is 1. The van der Waals surface area contributed by atoms with Crippen molar-refractivity contribution < 1.29 is 32.3 Å². The van der Waals surface area contributed by atoms with E-state index in [1.54, 1.807) is 24.5 Å². The first-order valence-electron chi connectivity index (χ1n) is 12.8. The zero-order chi connectivity index (χ0) is 30.2. The monoisotopic (exact) mass is 601 g/mol. The van der Waals surface area contributed by atoms with E-state index in [0.717, 1.165) is 69.2 Å². The van der Waals surface area contributed by atoms with Crippen LogP contribution in [0.4, 0.5) is 24.0 Å². The van der Waals surface area contributed by atoms with Gasteiger partial charge in [0.1, 0.15) is 5.76 Å². The van der Waals surface area contributed by atoms with Gasteiger partial charge >= 0.3 is 12.1 Å². The van der Waals surface area contributed by atoms with Gasteiger partial charge in [-0.3, -0.25) is 14.5 Å². The highest BCUT2D eigenvalue weighted by Crippen LogP contribution is 2.40. The Hall–Kier alpha value is -4.66. The smallest absolute Gasteiger partial charge is 0.475 e. The molecule has 1 aliphatic heterocycles. The molecule has 6 rings (SSSR count). The van der Waals surface area contributed by atoms with Gasteiger partial charge in [-0.15, -0.1) is 0 Å². The van der Waals surface area contributed by atoms with Crippen molar-refractivity contribution in [1.29, 1.82) is 0 Å². The van der Waals surface area contributed by atoms with Gasteiger partial charge in [0.2, 0.25) is 5.91 Å². The molecule has 1 aromatic carbocycles.